The lowest BCUT2D eigenvalue weighted by Crippen LogP contribution is -2.28. The molecular weight excluding hydrogens is 437 g/mol. The number of benzene rings is 3. The molecule has 1 atom stereocenters. The standard InChI is InChI=1S/C26H22FN3O2S/c1-33-17-32-15-14-30(33)21-9-6-19(7-10-21)26(31)29-20-8-11-24(27)23(16-20)25-22-5-3-2-4-18(22)12-13-28-25/h2-13,16H,1,14-15,17H2,(H,29,31). The van der Waals surface area contributed by atoms with E-state index in [2.05, 4.69) is 20.5 Å². The first-order valence-corrected chi connectivity index (χ1v) is 12.0. The van der Waals surface area contributed by atoms with Gasteiger partial charge in [0.05, 0.1) is 18.8 Å². The summed E-state index contributed by atoms with van der Waals surface area (Å²) in [5.74, 6) is 4.10. The van der Waals surface area contributed by atoms with E-state index in [1.165, 1.54) is 6.07 Å². The average molecular weight is 460 g/mol. The zero-order valence-corrected chi connectivity index (χ0v) is 18.6. The van der Waals surface area contributed by atoms with Gasteiger partial charge < -0.3 is 14.4 Å². The molecule has 5 nitrogen and oxygen atoms in total. The number of halogens is 1. The fourth-order valence-corrected chi connectivity index (χ4v) is 5.06. The van der Waals surface area contributed by atoms with Crippen LogP contribution in [0.3, 0.4) is 0 Å². The Kier molecular flexibility index (Phi) is 5.90. The van der Waals surface area contributed by atoms with E-state index in [0.29, 0.717) is 35.1 Å². The Labute approximate surface area is 193 Å². The second kappa shape index (κ2) is 9.13. The van der Waals surface area contributed by atoms with Gasteiger partial charge in [0.25, 0.3) is 5.91 Å². The molecule has 1 aliphatic rings. The van der Waals surface area contributed by atoms with E-state index in [9.17, 15) is 9.18 Å². The lowest BCUT2D eigenvalue weighted by atomic mass is 10.0. The number of hydrogen-bond donors (Lipinski definition) is 1. The number of rotatable bonds is 4. The third kappa shape index (κ3) is 4.37. The third-order valence-electron chi connectivity index (χ3n) is 5.54. The van der Waals surface area contributed by atoms with Gasteiger partial charge in [-0.25, -0.2) is 4.39 Å². The van der Waals surface area contributed by atoms with Crippen molar-refractivity contribution in [3.8, 4) is 11.3 Å². The molecule has 0 spiro atoms. The minimum absolute atomic E-state index is 0.242. The Morgan fingerprint density at radius 2 is 1.91 bits per heavy atom. The number of pyridine rings is 1. The number of carbonyl (C=O) groups excluding carboxylic acids is 1. The molecule has 1 aliphatic heterocycles. The number of nitrogens with zero attached hydrogens (tertiary/aromatic N) is 2. The minimum atomic E-state index is -0.393. The molecule has 166 valence electrons. The quantitative estimate of drug-likeness (QED) is 0.398. The van der Waals surface area contributed by atoms with E-state index in [1.54, 1.807) is 30.5 Å². The van der Waals surface area contributed by atoms with Gasteiger partial charge in [0.15, 0.2) is 0 Å². The summed E-state index contributed by atoms with van der Waals surface area (Å²) in [6.07, 6.45) is 1.66. The van der Waals surface area contributed by atoms with E-state index < -0.39 is 5.82 Å². The molecule has 1 unspecified atom stereocenters. The second-order valence-corrected chi connectivity index (χ2v) is 9.27. The molecule has 1 fully saturated rings. The van der Waals surface area contributed by atoms with E-state index in [1.807, 2.05) is 42.5 Å². The van der Waals surface area contributed by atoms with E-state index >= 15 is 0 Å². The number of hydrogen-bond acceptors (Lipinski definition) is 4. The topological polar surface area (TPSA) is 54.5 Å². The predicted octanol–water partition coefficient (Wildman–Crippen LogP) is 5.70. The molecule has 1 amide bonds. The van der Waals surface area contributed by atoms with Crippen LogP contribution in [0.2, 0.25) is 0 Å². The lowest BCUT2D eigenvalue weighted by Gasteiger charge is -2.31. The fourth-order valence-electron chi connectivity index (χ4n) is 3.87. The molecule has 1 aromatic heterocycles. The van der Waals surface area contributed by atoms with Crippen molar-refractivity contribution in [1.82, 2.24) is 4.98 Å². The molecule has 2 heterocycles. The molecule has 0 bridgehead atoms. The van der Waals surface area contributed by atoms with Gasteiger partial charge in [-0.1, -0.05) is 40.8 Å². The van der Waals surface area contributed by atoms with Crippen LogP contribution >= 0.6 is 10.7 Å². The van der Waals surface area contributed by atoms with Crippen LogP contribution in [0.15, 0.2) is 79.0 Å². The molecular formula is C26H22FN3O2S. The fraction of sp³-hybridized carbons (Fsp3) is 0.115. The van der Waals surface area contributed by atoms with Crippen molar-refractivity contribution in [2.45, 2.75) is 0 Å². The van der Waals surface area contributed by atoms with Crippen LogP contribution in [-0.2, 0) is 4.74 Å². The van der Waals surface area contributed by atoms with Crippen LogP contribution < -0.4 is 9.62 Å². The predicted molar refractivity (Wildman–Crippen MR) is 134 cm³/mol. The number of aromatic nitrogens is 1. The number of fused-ring (bicyclic) bond motifs is 1. The Bertz CT molecular complexity index is 1350. The Morgan fingerprint density at radius 3 is 2.73 bits per heavy atom. The number of ether oxygens (including phenoxy) is 1. The highest BCUT2D eigenvalue weighted by molar-refractivity contribution is 8.15. The summed E-state index contributed by atoms with van der Waals surface area (Å²) in [5, 5.41) is 4.70. The van der Waals surface area contributed by atoms with E-state index in [4.69, 9.17) is 4.74 Å². The number of nitrogens with one attached hydrogen (secondary N) is 1. The third-order valence-corrected chi connectivity index (χ3v) is 7.00. The van der Waals surface area contributed by atoms with Gasteiger partial charge >= 0.3 is 0 Å². The van der Waals surface area contributed by atoms with E-state index in [-0.39, 0.29) is 16.6 Å². The number of amides is 1. The summed E-state index contributed by atoms with van der Waals surface area (Å²) in [6.45, 7) is 1.44. The SMILES string of the molecule is C=S1COCCN1c1ccc(C(=O)Nc2ccc(F)c(-c3nccc4ccccc34)c2)cc1. The van der Waals surface area contributed by atoms with Crippen molar-refractivity contribution in [3.05, 3.63) is 90.4 Å². The maximum atomic E-state index is 14.7. The second-order valence-electron chi connectivity index (χ2n) is 7.67. The molecule has 7 heteroatoms. The first-order valence-electron chi connectivity index (χ1n) is 10.5. The number of anilines is 2. The lowest BCUT2D eigenvalue weighted by molar-refractivity contribution is 0.102. The Balaban J connectivity index is 1.39. The molecule has 0 saturated carbocycles. The average Bonchev–Trinajstić information content (AvgIpc) is 2.85. The van der Waals surface area contributed by atoms with Gasteiger partial charge in [-0.3, -0.25) is 9.78 Å². The van der Waals surface area contributed by atoms with Crippen LogP contribution in [-0.4, -0.2) is 35.9 Å². The van der Waals surface area contributed by atoms with Gasteiger partial charge in [-0.15, -0.1) is 0 Å². The molecule has 4 aromatic rings. The zero-order chi connectivity index (χ0) is 22.8. The summed E-state index contributed by atoms with van der Waals surface area (Å²) in [4.78, 5) is 17.3. The Hall–Kier alpha value is -3.55. The first-order chi connectivity index (χ1) is 16.1. The number of carbonyl (C=O) groups is 1. The summed E-state index contributed by atoms with van der Waals surface area (Å²) in [5.41, 5.74) is 2.92. The maximum Gasteiger partial charge on any atom is 0.255 e. The summed E-state index contributed by atoms with van der Waals surface area (Å²) in [7, 11) is -0.242. The van der Waals surface area contributed by atoms with Crippen molar-refractivity contribution < 1.29 is 13.9 Å². The van der Waals surface area contributed by atoms with Crippen LogP contribution in [0.25, 0.3) is 22.0 Å². The smallest absolute Gasteiger partial charge is 0.255 e. The highest BCUT2D eigenvalue weighted by Gasteiger charge is 2.16. The summed E-state index contributed by atoms with van der Waals surface area (Å²) >= 11 is 0. The minimum Gasteiger partial charge on any atom is -0.368 e. The largest absolute Gasteiger partial charge is 0.368 e. The first kappa shape index (κ1) is 21.3. The van der Waals surface area contributed by atoms with Crippen LogP contribution in [0, 0.1) is 5.82 Å². The molecule has 5 rings (SSSR count). The molecule has 1 saturated heterocycles. The monoisotopic (exact) mass is 459 g/mol. The summed E-state index contributed by atoms with van der Waals surface area (Å²) in [6, 6.07) is 21.5. The molecule has 33 heavy (non-hydrogen) atoms. The molecule has 3 aromatic carbocycles. The van der Waals surface area contributed by atoms with E-state index in [0.717, 1.165) is 23.0 Å². The molecule has 1 N–H and O–H groups in total. The summed E-state index contributed by atoms with van der Waals surface area (Å²) < 4.78 is 22.4. The van der Waals surface area contributed by atoms with Gasteiger partial charge in [0, 0.05) is 34.1 Å². The van der Waals surface area contributed by atoms with Crippen molar-refractivity contribution >= 4 is 44.6 Å². The van der Waals surface area contributed by atoms with Gasteiger partial charge in [0.1, 0.15) is 11.8 Å². The maximum absolute atomic E-state index is 14.7. The van der Waals surface area contributed by atoms with Crippen LogP contribution in [0.5, 0.6) is 0 Å². The molecule has 0 aliphatic carbocycles. The highest BCUT2D eigenvalue weighted by atomic mass is 32.2. The van der Waals surface area contributed by atoms with Crippen molar-refractivity contribution in [1.29, 1.82) is 0 Å². The van der Waals surface area contributed by atoms with Gasteiger partial charge in [0.2, 0.25) is 0 Å². The van der Waals surface area contributed by atoms with Crippen molar-refractivity contribution in [2.24, 2.45) is 0 Å². The zero-order valence-electron chi connectivity index (χ0n) is 17.8. The van der Waals surface area contributed by atoms with Gasteiger partial charge in [-0.05, 0) is 53.9 Å². The van der Waals surface area contributed by atoms with Crippen LogP contribution in [0.1, 0.15) is 10.4 Å². The van der Waals surface area contributed by atoms with Crippen LogP contribution in [0.4, 0.5) is 15.8 Å². The van der Waals surface area contributed by atoms with Crippen molar-refractivity contribution in [2.75, 3.05) is 28.7 Å². The Morgan fingerprint density at radius 1 is 1.09 bits per heavy atom. The normalized spacial score (nSPS) is 16.0. The highest BCUT2D eigenvalue weighted by Crippen LogP contribution is 2.31. The molecule has 0 radical (unpaired) electrons. The van der Waals surface area contributed by atoms with Gasteiger partial charge in [-0.2, -0.15) is 0 Å². The van der Waals surface area contributed by atoms with Crippen molar-refractivity contribution in [3.63, 3.8) is 0 Å².